The number of carbonyl (C=O) groups is 1. The van der Waals surface area contributed by atoms with Gasteiger partial charge in [-0.1, -0.05) is 64.4 Å². The molecule has 1 aromatic heterocycles. The van der Waals surface area contributed by atoms with Crippen LogP contribution in [0, 0.1) is 0 Å². The molecule has 3 aromatic rings. The number of unbranched alkanes of at least 4 members (excludes halogenated alkanes) is 1. The van der Waals surface area contributed by atoms with E-state index >= 15 is 0 Å². The van der Waals surface area contributed by atoms with E-state index in [4.69, 9.17) is 4.98 Å². The van der Waals surface area contributed by atoms with Crippen molar-refractivity contribution in [3.05, 3.63) is 65.2 Å². The number of hydrogen-bond acceptors (Lipinski definition) is 2. The highest BCUT2D eigenvalue weighted by Crippen LogP contribution is 2.29. The number of aryl methyl sites for hydroxylation is 1. The van der Waals surface area contributed by atoms with Crippen molar-refractivity contribution in [2.45, 2.75) is 52.4 Å². The first-order chi connectivity index (χ1) is 12.8. The lowest BCUT2D eigenvalue weighted by Crippen LogP contribution is -2.10. The molecule has 0 saturated carbocycles. The lowest BCUT2D eigenvalue weighted by molar-refractivity contribution is 0.0699. The SMILES string of the molecule is CCCCc1ccc2nc(-c3ccc(C(C)(C)C)cc3)cc(C(=O)O)c2c1. The number of pyridine rings is 1. The number of aromatic nitrogens is 1. The normalized spacial score (nSPS) is 11.7. The van der Waals surface area contributed by atoms with E-state index in [0.29, 0.717) is 16.6 Å². The van der Waals surface area contributed by atoms with Gasteiger partial charge in [0, 0.05) is 10.9 Å². The Morgan fingerprint density at radius 1 is 1.04 bits per heavy atom. The fourth-order valence-electron chi connectivity index (χ4n) is 3.28. The average molecular weight is 361 g/mol. The topological polar surface area (TPSA) is 50.2 Å². The van der Waals surface area contributed by atoms with Gasteiger partial charge in [-0.3, -0.25) is 0 Å². The maximum Gasteiger partial charge on any atom is 0.336 e. The Kier molecular flexibility index (Phi) is 5.31. The van der Waals surface area contributed by atoms with E-state index in [1.165, 1.54) is 5.56 Å². The van der Waals surface area contributed by atoms with Crippen LogP contribution in [-0.4, -0.2) is 16.1 Å². The Morgan fingerprint density at radius 3 is 2.33 bits per heavy atom. The number of rotatable bonds is 5. The summed E-state index contributed by atoms with van der Waals surface area (Å²) in [6.07, 6.45) is 3.17. The van der Waals surface area contributed by atoms with Crippen LogP contribution in [-0.2, 0) is 11.8 Å². The van der Waals surface area contributed by atoms with Gasteiger partial charge in [0.05, 0.1) is 16.8 Å². The first-order valence-corrected chi connectivity index (χ1v) is 9.57. The molecule has 3 heteroatoms. The summed E-state index contributed by atoms with van der Waals surface area (Å²) in [6.45, 7) is 8.68. The van der Waals surface area contributed by atoms with Gasteiger partial charge in [-0.05, 0) is 47.6 Å². The fraction of sp³-hybridized carbons (Fsp3) is 0.333. The number of carboxylic acids is 1. The van der Waals surface area contributed by atoms with E-state index in [0.717, 1.165) is 35.9 Å². The summed E-state index contributed by atoms with van der Waals surface area (Å²) >= 11 is 0. The molecule has 0 aliphatic rings. The molecule has 3 nitrogen and oxygen atoms in total. The molecule has 0 saturated heterocycles. The molecule has 27 heavy (non-hydrogen) atoms. The maximum absolute atomic E-state index is 11.9. The van der Waals surface area contributed by atoms with E-state index in [2.05, 4.69) is 45.9 Å². The second kappa shape index (κ2) is 7.51. The summed E-state index contributed by atoms with van der Waals surface area (Å²) in [5, 5.41) is 10.5. The highest BCUT2D eigenvalue weighted by Gasteiger charge is 2.16. The van der Waals surface area contributed by atoms with Crippen LogP contribution in [0.4, 0.5) is 0 Å². The lowest BCUT2D eigenvalue weighted by Gasteiger charge is -2.19. The Hall–Kier alpha value is -2.68. The minimum Gasteiger partial charge on any atom is -0.478 e. The van der Waals surface area contributed by atoms with Crippen molar-refractivity contribution in [3.8, 4) is 11.3 Å². The van der Waals surface area contributed by atoms with Crippen molar-refractivity contribution in [2.75, 3.05) is 0 Å². The largest absolute Gasteiger partial charge is 0.478 e. The minimum atomic E-state index is -0.914. The second-order valence-electron chi connectivity index (χ2n) is 8.14. The van der Waals surface area contributed by atoms with E-state index in [9.17, 15) is 9.90 Å². The molecule has 0 aliphatic carbocycles. The molecule has 0 amide bonds. The van der Waals surface area contributed by atoms with Crippen LogP contribution in [0.25, 0.3) is 22.2 Å². The zero-order chi connectivity index (χ0) is 19.6. The molecule has 1 heterocycles. The Morgan fingerprint density at radius 2 is 1.74 bits per heavy atom. The highest BCUT2D eigenvalue weighted by molar-refractivity contribution is 6.04. The van der Waals surface area contributed by atoms with Gasteiger partial charge < -0.3 is 5.11 Å². The number of benzene rings is 2. The molecule has 0 radical (unpaired) electrons. The van der Waals surface area contributed by atoms with Crippen LogP contribution in [0.15, 0.2) is 48.5 Å². The molecule has 1 N–H and O–H groups in total. The Bertz CT molecular complexity index is 966. The van der Waals surface area contributed by atoms with E-state index in [-0.39, 0.29) is 5.41 Å². The van der Waals surface area contributed by atoms with Gasteiger partial charge in [0.25, 0.3) is 0 Å². The van der Waals surface area contributed by atoms with Gasteiger partial charge in [0.1, 0.15) is 0 Å². The number of hydrogen-bond donors (Lipinski definition) is 1. The number of fused-ring (bicyclic) bond motifs is 1. The van der Waals surface area contributed by atoms with E-state index < -0.39 is 5.97 Å². The van der Waals surface area contributed by atoms with Gasteiger partial charge in [0.2, 0.25) is 0 Å². The number of aromatic carboxylic acids is 1. The third-order valence-electron chi connectivity index (χ3n) is 4.97. The molecule has 0 fully saturated rings. The molecule has 0 unspecified atom stereocenters. The zero-order valence-corrected chi connectivity index (χ0v) is 16.5. The maximum atomic E-state index is 11.9. The summed E-state index contributed by atoms with van der Waals surface area (Å²) in [7, 11) is 0. The minimum absolute atomic E-state index is 0.0798. The van der Waals surface area contributed by atoms with Crippen LogP contribution in [0.2, 0.25) is 0 Å². The van der Waals surface area contributed by atoms with Crippen molar-refractivity contribution in [1.82, 2.24) is 4.98 Å². The molecule has 0 aliphatic heterocycles. The number of carboxylic acid groups (broad SMARTS) is 1. The highest BCUT2D eigenvalue weighted by atomic mass is 16.4. The van der Waals surface area contributed by atoms with Crippen LogP contribution in [0.1, 0.15) is 62.0 Å². The molecule has 3 rings (SSSR count). The van der Waals surface area contributed by atoms with Crippen LogP contribution < -0.4 is 0 Å². The monoisotopic (exact) mass is 361 g/mol. The molecule has 0 bridgehead atoms. The second-order valence-corrected chi connectivity index (χ2v) is 8.14. The van der Waals surface area contributed by atoms with Crippen LogP contribution in [0.5, 0.6) is 0 Å². The molecular formula is C24H27NO2. The van der Waals surface area contributed by atoms with Gasteiger partial charge in [-0.15, -0.1) is 0 Å². The van der Waals surface area contributed by atoms with Crippen molar-refractivity contribution < 1.29 is 9.90 Å². The zero-order valence-electron chi connectivity index (χ0n) is 16.5. The molecule has 140 valence electrons. The summed E-state index contributed by atoms with van der Waals surface area (Å²) in [5.41, 5.74) is 5.15. The summed E-state index contributed by atoms with van der Waals surface area (Å²) < 4.78 is 0. The third-order valence-corrected chi connectivity index (χ3v) is 4.97. The summed E-state index contributed by atoms with van der Waals surface area (Å²) in [6, 6.07) is 15.9. The van der Waals surface area contributed by atoms with Crippen molar-refractivity contribution in [1.29, 1.82) is 0 Å². The first-order valence-electron chi connectivity index (χ1n) is 9.57. The van der Waals surface area contributed by atoms with Crippen molar-refractivity contribution in [3.63, 3.8) is 0 Å². The van der Waals surface area contributed by atoms with Gasteiger partial charge in [-0.2, -0.15) is 0 Å². The quantitative estimate of drug-likeness (QED) is 0.585. The van der Waals surface area contributed by atoms with Gasteiger partial charge in [0.15, 0.2) is 0 Å². The Balaban J connectivity index is 2.08. The predicted molar refractivity (Wildman–Crippen MR) is 111 cm³/mol. The standard InChI is InChI=1S/C24H27NO2/c1-5-6-7-16-8-13-21-19(14-16)20(23(26)27)15-22(25-21)17-9-11-18(12-10-17)24(2,3)4/h8-15H,5-7H2,1-4H3,(H,26,27). The van der Waals surface area contributed by atoms with Crippen LogP contribution >= 0.6 is 0 Å². The summed E-state index contributed by atoms with van der Waals surface area (Å²) in [4.78, 5) is 16.6. The van der Waals surface area contributed by atoms with Crippen molar-refractivity contribution >= 4 is 16.9 Å². The Labute approximate surface area is 161 Å². The first kappa shape index (κ1) is 19.1. The molecule has 2 aromatic carbocycles. The third kappa shape index (κ3) is 4.19. The fourth-order valence-corrected chi connectivity index (χ4v) is 3.28. The molecule has 0 atom stereocenters. The van der Waals surface area contributed by atoms with Gasteiger partial charge in [-0.25, -0.2) is 9.78 Å². The molecular weight excluding hydrogens is 334 g/mol. The summed E-state index contributed by atoms with van der Waals surface area (Å²) in [5.74, 6) is -0.914. The van der Waals surface area contributed by atoms with Gasteiger partial charge >= 0.3 is 5.97 Å². The van der Waals surface area contributed by atoms with Crippen molar-refractivity contribution in [2.24, 2.45) is 0 Å². The number of nitrogens with zero attached hydrogens (tertiary/aromatic N) is 1. The van der Waals surface area contributed by atoms with Crippen LogP contribution in [0.3, 0.4) is 0 Å². The predicted octanol–water partition coefficient (Wildman–Crippen LogP) is 6.24. The molecule has 0 spiro atoms. The smallest absolute Gasteiger partial charge is 0.336 e. The average Bonchev–Trinajstić information content (AvgIpc) is 2.64. The van der Waals surface area contributed by atoms with E-state index in [1.807, 2.05) is 24.3 Å². The van der Waals surface area contributed by atoms with E-state index in [1.54, 1.807) is 6.07 Å². The lowest BCUT2D eigenvalue weighted by atomic mass is 9.86.